The van der Waals surface area contributed by atoms with Gasteiger partial charge in [0.15, 0.2) is 5.65 Å². The maximum atomic E-state index is 11.7. The summed E-state index contributed by atoms with van der Waals surface area (Å²) >= 11 is 0. The van der Waals surface area contributed by atoms with Crippen LogP contribution in [0.2, 0.25) is 0 Å². The summed E-state index contributed by atoms with van der Waals surface area (Å²) in [4.78, 5) is 33.1. The molecular weight excluding hydrogens is 248 g/mol. The van der Waals surface area contributed by atoms with Crippen LogP contribution in [-0.4, -0.2) is 33.2 Å². The lowest BCUT2D eigenvalue weighted by atomic mass is 10.3. The number of methoxy groups -OCH3 is 1. The van der Waals surface area contributed by atoms with E-state index >= 15 is 0 Å². The topological polar surface area (TPSA) is 92.8 Å². The molecule has 2 N–H and O–H groups in total. The average Bonchev–Trinajstić information content (AvgIpc) is 2.79. The number of hydrogen-bond acceptors (Lipinski definition) is 4. The second-order valence-corrected chi connectivity index (χ2v) is 4.39. The summed E-state index contributed by atoms with van der Waals surface area (Å²) in [6, 6.07) is 0. The van der Waals surface area contributed by atoms with Crippen LogP contribution in [0.3, 0.4) is 0 Å². The molecule has 7 nitrogen and oxygen atoms in total. The zero-order valence-corrected chi connectivity index (χ0v) is 11.2. The molecule has 0 atom stereocenters. The van der Waals surface area contributed by atoms with Crippen molar-refractivity contribution in [2.24, 2.45) is 0 Å². The molecule has 104 valence electrons. The van der Waals surface area contributed by atoms with Gasteiger partial charge < -0.3 is 9.72 Å². The van der Waals surface area contributed by atoms with Crippen LogP contribution in [0.4, 0.5) is 0 Å². The zero-order valence-electron chi connectivity index (χ0n) is 11.2. The molecule has 0 unspecified atom stereocenters. The van der Waals surface area contributed by atoms with E-state index in [0.717, 1.165) is 12.8 Å². The highest BCUT2D eigenvalue weighted by Gasteiger charge is 2.12. The monoisotopic (exact) mass is 266 g/mol. The van der Waals surface area contributed by atoms with E-state index in [1.807, 2.05) is 6.92 Å². The Bertz CT molecular complexity index is 668. The maximum absolute atomic E-state index is 11.7. The number of nitrogens with one attached hydrogen (secondary N) is 2. The minimum atomic E-state index is -0.419. The zero-order chi connectivity index (χ0) is 13.8. The van der Waals surface area contributed by atoms with Crippen molar-refractivity contribution in [1.82, 2.24) is 19.5 Å². The highest BCUT2D eigenvalue weighted by molar-refractivity contribution is 5.69. The van der Waals surface area contributed by atoms with E-state index in [-0.39, 0.29) is 0 Å². The minimum Gasteiger partial charge on any atom is -0.385 e. The standard InChI is InChI=1S/C12H18N4O3/c1-3-6-16-10-9(11(17)15-12(16)18)13-8(14-10)5-4-7-19-2/h3-7H2,1-2H3,(H,13,14)(H,15,17,18). The Morgan fingerprint density at radius 1 is 1.32 bits per heavy atom. The normalized spacial score (nSPS) is 11.3. The fourth-order valence-electron chi connectivity index (χ4n) is 2.02. The fraction of sp³-hybridized carbons (Fsp3) is 0.583. The second kappa shape index (κ2) is 5.83. The molecule has 2 aromatic rings. The third kappa shape index (κ3) is 2.76. The molecule has 0 radical (unpaired) electrons. The van der Waals surface area contributed by atoms with Crippen molar-refractivity contribution >= 4 is 11.2 Å². The van der Waals surface area contributed by atoms with Crippen LogP contribution in [0.15, 0.2) is 9.59 Å². The van der Waals surface area contributed by atoms with Crippen molar-refractivity contribution in [2.45, 2.75) is 32.7 Å². The highest BCUT2D eigenvalue weighted by Crippen LogP contribution is 2.07. The molecule has 0 aromatic carbocycles. The van der Waals surface area contributed by atoms with Crippen molar-refractivity contribution in [3.05, 3.63) is 26.7 Å². The SMILES string of the molecule is CCCn1c(=O)[nH]c(=O)c2[nH]c(CCCOC)nc21. The van der Waals surface area contributed by atoms with Gasteiger partial charge in [0, 0.05) is 26.7 Å². The van der Waals surface area contributed by atoms with Gasteiger partial charge in [-0.1, -0.05) is 6.92 Å². The Labute approximate surface area is 109 Å². The molecule has 0 aliphatic heterocycles. The van der Waals surface area contributed by atoms with E-state index in [1.54, 1.807) is 7.11 Å². The van der Waals surface area contributed by atoms with Gasteiger partial charge in [0.25, 0.3) is 5.56 Å². The van der Waals surface area contributed by atoms with E-state index in [1.165, 1.54) is 4.57 Å². The molecule has 0 saturated heterocycles. The van der Waals surface area contributed by atoms with Crippen LogP contribution < -0.4 is 11.2 Å². The first-order valence-electron chi connectivity index (χ1n) is 6.38. The third-order valence-corrected chi connectivity index (χ3v) is 2.89. The molecule has 2 aromatic heterocycles. The number of ether oxygens (including phenoxy) is 1. The van der Waals surface area contributed by atoms with Gasteiger partial charge in [-0.2, -0.15) is 0 Å². The van der Waals surface area contributed by atoms with Crippen LogP contribution in [0, 0.1) is 0 Å². The molecule has 0 aliphatic carbocycles. The number of hydrogen-bond donors (Lipinski definition) is 2. The quantitative estimate of drug-likeness (QED) is 0.740. The molecule has 19 heavy (non-hydrogen) atoms. The van der Waals surface area contributed by atoms with E-state index in [4.69, 9.17) is 4.74 Å². The van der Waals surface area contributed by atoms with Crippen LogP contribution in [0.25, 0.3) is 11.2 Å². The molecule has 2 rings (SSSR count). The largest absolute Gasteiger partial charge is 0.385 e. The summed E-state index contributed by atoms with van der Waals surface area (Å²) in [6.45, 7) is 3.14. The fourth-order valence-corrected chi connectivity index (χ4v) is 2.02. The average molecular weight is 266 g/mol. The number of aromatic amines is 2. The first-order chi connectivity index (χ1) is 9.17. The van der Waals surface area contributed by atoms with Crippen molar-refractivity contribution in [3.63, 3.8) is 0 Å². The molecule has 0 fully saturated rings. The molecule has 0 bridgehead atoms. The summed E-state index contributed by atoms with van der Waals surface area (Å²) in [7, 11) is 1.64. The number of aryl methyl sites for hydroxylation is 2. The maximum Gasteiger partial charge on any atom is 0.330 e. The summed E-state index contributed by atoms with van der Waals surface area (Å²) < 4.78 is 6.47. The second-order valence-electron chi connectivity index (χ2n) is 4.39. The van der Waals surface area contributed by atoms with E-state index < -0.39 is 11.2 Å². The van der Waals surface area contributed by atoms with Crippen molar-refractivity contribution in [3.8, 4) is 0 Å². The number of rotatable bonds is 6. The van der Waals surface area contributed by atoms with Crippen LogP contribution in [0.1, 0.15) is 25.6 Å². The van der Waals surface area contributed by atoms with Gasteiger partial charge in [0.1, 0.15) is 11.3 Å². The Morgan fingerprint density at radius 3 is 2.79 bits per heavy atom. The molecule has 7 heteroatoms. The molecule has 0 amide bonds. The smallest absolute Gasteiger partial charge is 0.330 e. The Morgan fingerprint density at radius 2 is 2.11 bits per heavy atom. The van der Waals surface area contributed by atoms with Gasteiger partial charge in [-0.3, -0.25) is 14.3 Å². The first-order valence-corrected chi connectivity index (χ1v) is 6.38. The molecular formula is C12H18N4O3. The minimum absolute atomic E-state index is 0.362. The van der Waals surface area contributed by atoms with E-state index in [9.17, 15) is 9.59 Å². The molecule has 2 heterocycles. The Hall–Kier alpha value is -1.89. The predicted molar refractivity (Wildman–Crippen MR) is 71.5 cm³/mol. The number of fused-ring (bicyclic) bond motifs is 1. The van der Waals surface area contributed by atoms with Crippen molar-refractivity contribution in [1.29, 1.82) is 0 Å². The van der Waals surface area contributed by atoms with Crippen LogP contribution >= 0.6 is 0 Å². The predicted octanol–water partition coefficient (Wildman–Crippen LogP) is 0.402. The Kier molecular flexibility index (Phi) is 4.16. The number of H-pyrrole nitrogens is 2. The van der Waals surface area contributed by atoms with Crippen molar-refractivity contribution in [2.75, 3.05) is 13.7 Å². The summed E-state index contributed by atoms with van der Waals surface area (Å²) in [5, 5.41) is 0. The van der Waals surface area contributed by atoms with E-state index in [0.29, 0.717) is 36.6 Å². The lowest BCUT2D eigenvalue weighted by molar-refractivity contribution is 0.194. The lowest BCUT2D eigenvalue weighted by Gasteiger charge is -2.02. The highest BCUT2D eigenvalue weighted by atomic mass is 16.5. The van der Waals surface area contributed by atoms with Gasteiger partial charge in [-0.15, -0.1) is 0 Å². The third-order valence-electron chi connectivity index (χ3n) is 2.89. The summed E-state index contributed by atoms with van der Waals surface area (Å²) in [5.74, 6) is 0.702. The molecule has 0 spiro atoms. The van der Waals surface area contributed by atoms with E-state index in [2.05, 4.69) is 15.0 Å². The summed E-state index contributed by atoms with van der Waals surface area (Å²) in [6.07, 6.45) is 2.29. The molecule has 0 saturated carbocycles. The van der Waals surface area contributed by atoms with Gasteiger partial charge in [-0.05, 0) is 12.8 Å². The van der Waals surface area contributed by atoms with Gasteiger partial charge >= 0.3 is 5.69 Å². The number of aromatic nitrogens is 4. The van der Waals surface area contributed by atoms with Crippen LogP contribution in [0.5, 0.6) is 0 Å². The van der Waals surface area contributed by atoms with Crippen LogP contribution in [-0.2, 0) is 17.7 Å². The van der Waals surface area contributed by atoms with Gasteiger partial charge in [0.2, 0.25) is 0 Å². The van der Waals surface area contributed by atoms with Gasteiger partial charge in [-0.25, -0.2) is 9.78 Å². The van der Waals surface area contributed by atoms with Gasteiger partial charge in [0.05, 0.1) is 0 Å². The Balaban J connectivity index is 2.45. The van der Waals surface area contributed by atoms with Crippen molar-refractivity contribution < 1.29 is 4.74 Å². The number of imidazole rings is 1. The summed E-state index contributed by atoms with van der Waals surface area (Å²) in [5.41, 5.74) is -0.0318. The first kappa shape index (κ1) is 13.5. The lowest BCUT2D eigenvalue weighted by Crippen LogP contribution is -2.30. The number of nitrogens with zero attached hydrogens (tertiary/aromatic N) is 2. The molecule has 0 aliphatic rings.